The van der Waals surface area contributed by atoms with Crippen molar-refractivity contribution in [2.24, 2.45) is 5.92 Å². The molecule has 5 nitrogen and oxygen atoms in total. The van der Waals surface area contributed by atoms with Crippen molar-refractivity contribution in [1.29, 1.82) is 0 Å². The molecule has 0 radical (unpaired) electrons. The lowest BCUT2D eigenvalue weighted by Gasteiger charge is -2.25. The minimum atomic E-state index is -0.343. The first-order valence-corrected chi connectivity index (χ1v) is 9.55. The average molecular weight is 346 g/mol. The van der Waals surface area contributed by atoms with E-state index in [-0.39, 0.29) is 24.2 Å². The van der Waals surface area contributed by atoms with Crippen LogP contribution in [0.15, 0.2) is 24.3 Å². The molecule has 1 aromatic carbocycles. The molecule has 0 bridgehead atoms. The number of benzene rings is 1. The number of likely N-dealkylation sites (tertiary alicyclic amines) is 1. The first kappa shape index (κ1) is 18.2. The zero-order valence-corrected chi connectivity index (χ0v) is 15.1. The quantitative estimate of drug-likeness (QED) is 0.779. The number of amides is 2. The van der Waals surface area contributed by atoms with E-state index in [2.05, 4.69) is 29.6 Å². The molecule has 138 valence electrons. The first-order valence-electron chi connectivity index (χ1n) is 9.55. The van der Waals surface area contributed by atoms with Gasteiger partial charge in [0, 0.05) is 32.2 Å². The fourth-order valence-electron chi connectivity index (χ4n) is 3.85. The van der Waals surface area contributed by atoms with Crippen LogP contribution in [0.2, 0.25) is 0 Å². The molecule has 2 aliphatic rings. The van der Waals surface area contributed by atoms with Crippen molar-refractivity contribution in [2.45, 2.75) is 51.2 Å². The number of hydrogen-bond acceptors (Lipinski definition) is 3. The van der Waals surface area contributed by atoms with Crippen LogP contribution < -0.4 is 5.32 Å². The average Bonchev–Trinajstić information content (AvgIpc) is 3.12. The molecule has 1 fully saturated rings. The van der Waals surface area contributed by atoms with Gasteiger partial charge >= 0.3 is 6.03 Å². The summed E-state index contributed by atoms with van der Waals surface area (Å²) in [5.74, 6) is 0.209. The van der Waals surface area contributed by atoms with Crippen molar-refractivity contribution >= 4 is 6.03 Å². The topological polar surface area (TPSA) is 61.8 Å². The minimum absolute atomic E-state index is 0.0221. The van der Waals surface area contributed by atoms with Crippen molar-refractivity contribution in [3.8, 4) is 0 Å². The van der Waals surface area contributed by atoms with Crippen molar-refractivity contribution in [3.63, 3.8) is 0 Å². The Labute approximate surface area is 150 Å². The van der Waals surface area contributed by atoms with Crippen LogP contribution in [-0.4, -0.2) is 48.4 Å². The standard InChI is InChI=1S/C20H30N2O3/c1-15(23)17-10-12-22(14-17)20(24)21-11-5-13-25-19-9-4-7-16-6-2-3-8-18(16)19/h2-3,6,8,15,17,19,23H,4-5,7,9-14H2,1H3,(H,21,24)/t15-,17+,19+/m0/s1. The first-order chi connectivity index (χ1) is 12.1. The number of rotatable bonds is 6. The van der Waals surface area contributed by atoms with Gasteiger partial charge in [0.2, 0.25) is 0 Å². The number of urea groups is 1. The summed E-state index contributed by atoms with van der Waals surface area (Å²) in [7, 11) is 0. The molecule has 1 aliphatic heterocycles. The van der Waals surface area contributed by atoms with Crippen LogP contribution in [0.1, 0.15) is 49.8 Å². The number of ether oxygens (including phenoxy) is 1. The Bertz CT molecular complexity index is 576. The van der Waals surface area contributed by atoms with Crippen LogP contribution in [-0.2, 0) is 11.2 Å². The van der Waals surface area contributed by atoms with E-state index in [9.17, 15) is 9.90 Å². The second-order valence-corrected chi connectivity index (χ2v) is 7.27. The van der Waals surface area contributed by atoms with Crippen molar-refractivity contribution in [3.05, 3.63) is 35.4 Å². The number of aliphatic hydroxyl groups excluding tert-OH is 1. The van der Waals surface area contributed by atoms with E-state index in [4.69, 9.17) is 4.74 Å². The molecule has 3 atom stereocenters. The van der Waals surface area contributed by atoms with Gasteiger partial charge in [-0.15, -0.1) is 0 Å². The normalized spacial score (nSPS) is 24.0. The van der Waals surface area contributed by atoms with E-state index >= 15 is 0 Å². The number of nitrogens with one attached hydrogen (secondary N) is 1. The molecular weight excluding hydrogens is 316 g/mol. The third kappa shape index (κ3) is 4.73. The van der Waals surface area contributed by atoms with E-state index in [1.54, 1.807) is 11.8 Å². The van der Waals surface area contributed by atoms with Gasteiger partial charge in [-0.1, -0.05) is 24.3 Å². The second kappa shape index (κ2) is 8.68. The van der Waals surface area contributed by atoms with Gasteiger partial charge in [0.25, 0.3) is 0 Å². The minimum Gasteiger partial charge on any atom is -0.393 e. The Balaban J connectivity index is 1.34. The smallest absolute Gasteiger partial charge is 0.317 e. The van der Waals surface area contributed by atoms with Gasteiger partial charge in [0.1, 0.15) is 0 Å². The summed E-state index contributed by atoms with van der Waals surface area (Å²) in [5, 5.41) is 12.6. The summed E-state index contributed by atoms with van der Waals surface area (Å²) in [6.45, 7) is 4.47. The maximum Gasteiger partial charge on any atom is 0.317 e. The number of carbonyl (C=O) groups is 1. The van der Waals surface area contributed by atoms with Gasteiger partial charge in [0.05, 0.1) is 12.2 Å². The van der Waals surface area contributed by atoms with Gasteiger partial charge < -0.3 is 20.1 Å². The Morgan fingerprint density at radius 3 is 3.04 bits per heavy atom. The predicted octanol–water partition coefficient (Wildman–Crippen LogP) is 2.88. The Morgan fingerprint density at radius 1 is 1.40 bits per heavy atom. The van der Waals surface area contributed by atoms with Crippen LogP contribution in [0.4, 0.5) is 4.79 Å². The lowest BCUT2D eigenvalue weighted by atomic mass is 9.89. The van der Waals surface area contributed by atoms with E-state index in [0.717, 1.165) is 32.2 Å². The Morgan fingerprint density at radius 2 is 2.24 bits per heavy atom. The summed E-state index contributed by atoms with van der Waals surface area (Å²) in [4.78, 5) is 13.9. The third-order valence-corrected chi connectivity index (χ3v) is 5.42. The molecule has 0 unspecified atom stereocenters. The maximum atomic E-state index is 12.1. The number of hydrogen-bond donors (Lipinski definition) is 2. The molecule has 5 heteroatoms. The summed E-state index contributed by atoms with van der Waals surface area (Å²) >= 11 is 0. The monoisotopic (exact) mass is 346 g/mol. The van der Waals surface area contributed by atoms with Crippen molar-refractivity contribution in [1.82, 2.24) is 10.2 Å². The zero-order chi connectivity index (χ0) is 17.6. The van der Waals surface area contributed by atoms with E-state index < -0.39 is 0 Å². The second-order valence-electron chi connectivity index (χ2n) is 7.27. The molecule has 2 amide bonds. The Hall–Kier alpha value is -1.59. The molecular formula is C20H30N2O3. The lowest BCUT2D eigenvalue weighted by molar-refractivity contribution is 0.0395. The number of nitrogens with zero attached hydrogens (tertiary/aromatic N) is 1. The van der Waals surface area contributed by atoms with Crippen molar-refractivity contribution < 1.29 is 14.6 Å². The van der Waals surface area contributed by atoms with E-state index in [0.29, 0.717) is 19.7 Å². The molecule has 1 saturated heterocycles. The molecule has 0 saturated carbocycles. The molecule has 0 aromatic heterocycles. The lowest BCUT2D eigenvalue weighted by Crippen LogP contribution is -2.39. The van der Waals surface area contributed by atoms with Crippen LogP contribution in [0.25, 0.3) is 0 Å². The predicted molar refractivity (Wildman–Crippen MR) is 97.4 cm³/mol. The van der Waals surface area contributed by atoms with Gasteiger partial charge in [-0.05, 0) is 50.2 Å². The number of aliphatic hydroxyl groups is 1. The molecule has 2 N–H and O–H groups in total. The van der Waals surface area contributed by atoms with E-state index in [1.807, 2.05) is 0 Å². The fourth-order valence-corrected chi connectivity index (χ4v) is 3.85. The fraction of sp³-hybridized carbons (Fsp3) is 0.650. The number of aryl methyl sites for hydroxylation is 1. The highest BCUT2D eigenvalue weighted by Crippen LogP contribution is 2.32. The SMILES string of the molecule is C[C@H](O)[C@@H]1CCN(C(=O)NCCCO[C@@H]2CCCc3ccccc32)C1. The zero-order valence-electron chi connectivity index (χ0n) is 15.1. The Kier molecular flexibility index (Phi) is 6.32. The van der Waals surface area contributed by atoms with Gasteiger partial charge in [-0.3, -0.25) is 0 Å². The molecule has 1 heterocycles. The molecule has 1 aromatic rings. The highest BCUT2D eigenvalue weighted by molar-refractivity contribution is 5.74. The largest absolute Gasteiger partial charge is 0.393 e. The van der Waals surface area contributed by atoms with Crippen LogP contribution in [0.3, 0.4) is 0 Å². The van der Waals surface area contributed by atoms with Gasteiger partial charge in [-0.25, -0.2) is 4.79 Å². The van der Waals surface area contributed by atoms with Gasteiger partial charge in [0.15, 0.2) is 0 Å². The molecule has 1 aliphatic carbocycles. The summed E-state index contributed by atoms with van der Waals surface area (Å²) in [6.07, 6.45) is 4.97. The maximum absolute atomic E-state index is 12.1. The molecule has 3 rings (SSSR count). The third-order valence-electron chi connectivity index (χ3n) is 5.42. The summed E-state index contributed by atoms with van der Waals surface area (Å²) < 4.78 is 6.07. The van der Waals surface area contributed by atoms with Crippen LogP contribution in [0, 0.1) is 5.92 Å². The van der Waals surface area contributed by atoms with Crippen LogP contribution in [0.5, 0.6) is 0 Å². The molecule has 0 spiro atoms. The van der Waals surface area contributed by atoms with Gasteiger partial charge in [-0.2, -0.15) is 0 Å². The van der Waals surface area contributed by atoms with E-state index in [1.165, 1.54) is 17.5 Å². The molecule has 25 heavy (non-hydrogen) atoms. The van der Waals surface area contributed by atoms with Crippen LogP contribution >= 0.6 is 0 Å². The summed E-state index contributed by atoms with van der Waals surface area (Å²) in [6, 6.07) is 8.52. The summed E-state index contributed by atoms with van der Waals surface area (Å²) in [5.41, 5.74) is 2.74. The number of fused-ring (bicyclic) bond motifs is 1. The highest BCUT2D eigenvalue weighted by atomic mass is 16.5. The van der Waals surface area contributed by atoms with Crippen molar-refractivity contribution in [2.75, 3.05) is 26.2 Å². The highest BCUT2D eigenvalue weighted by Gasteiger charge is 2.28. The number of carbonyl (C=O) groups excluding carboxylic acids is 1.